The summed E-state index contributed by atoms with van der Waals surface area (Å²) in [7, 11) is -18.1. The van der Waals surface area contributed by atoms with E-state index in [-0.39, 0.29) is 25.2 Å². The largest absolute Gasteiger partial charge is 0.469 e. The Morgan fingerprint density at radius 3 is 0.923 bits per heavy atom. The van der Waals surface area contributed by atoms with Gasteiger partial charge in [-0.3, -0.25) is 9.59 Å². The quantitative estimate of drug-likeness (QED) is 0.0500. The van der Waals surface area contributed by atoms with Gasteiger partial charge >= 0.3 is 29.5 Å². The number of hydrogen-bond donors (Lipinski definition) is 0. The Labute approximate surface area is 329 Å². The van der Waals surface area contributed by atoms with Gasteiger partial charge in [-0.1, -0.05) is 6.92 Å². The minimum absolute atomic E-state index is 0.230. The highest BCUT2D eigenvalue weighted by Crippen LogP contribution is 2.39. The summed E-state index contributed by atoms with van der Waals surface area (Å²) >= 11 is 0. The van der Waals surface area contributed by atoms with Crippen molar-refractivity contribution in [2.75, 3.05) is 13.2 Å². The molecule has 0 aliphatic carbocycles. The molecule has 0 heterocycles. The summed E-state index contributed by atoms with van der Waals surface area (Å²) in [5, 5.41) is 0. The topological polar surface area (TPSA) is 108 Å². The second-order valence-corrected chi connectivity index (χ2v) is 55.1. The Morgan fingerprint density at radius 1 is 0.442 bits per heavy atom. The second kappa shape index (κ2) is 19.3. The van der Waals surface area contributed by atoms with Crippen molar-refractivity contribution in [3.8, 4) is 0 Å². The van der Waals surface area contributed by atoms with Crippen molar-refractivity contribution in [1.29, 1.82) is 0 Å². The lowest BCUT2D eigenvalue weighted by atomic mass is 9.72. The number of esters is 2. The molecule has 1 atom stereocenters. The number of carbonyl (C=O) groups excluding carboxylic acids is 2. The highest BCUT2D eigenvalue weighted by atomic mass is 28.5. The van der Waals surface area contributed by atoms with E-state index < -0.39 is 78.3 Å². The van der Waals surface area contributed by atoms with Gasteiger partial charge in [0, 0.05) is 12.1 Å². The third-order valence-corrected chi connectivity index (χ3v) is 31.2. The Balaban J connectivity index is 5.71. The van der Waals surface area contributed by atoms with Gasteiger partial charge in [0.2, 0.25) is 0 Å². The molecule has 0 fully saturated rings. The van der Waals surface area contributed by atoms with Crippen LogP contribution in [0, 0.1) is 10.8 Å². The van der Waals surface area contributed by atoms with Crippen molar-refractivity contribution in [3.63, 3.8) is 0 Å². The standard InChI is InChI=1S/C34H82O10Si8/c1-23-34(4,32(36)38-27-25-29-52(42-48(14,15)16,43-49(17,18)19)44-50(20,21)22)30-33(2,3)31(35)37-26-24-28-51(39-45(5,6)7,40-46(8,9)10)41-47(11,12)13/h23-30H2,1-22H3. The molecule has 0 aromatic heterocycles. The van der Waals surface area contributed by atoms with E-state index in [4.69, 9.17) is 34.2 Å². The van der Waals surface area contributed by atoms with E-state index in [0.29, 0.717) is 37.8 Å². The van der Waals surface area contributed by atoms with Crippen molar-refractivity contribution in [3.05, 3.63) is 0 Å². The molecule has 0 aromatic carbocycles. The van der Waals surface area contributed by atoms with Crippen molar-refractivity contribution in [2.45, 2.75) is 183 Å². The summed E-state index contributed by atoms with van der Waals surface area (Å²) in [6.07, 6.45) is 1.99. The first kappa shape index (κ1) is 52.4. The number of ether oxygens (including phenoxy) is 2. The summed E-state index contributed by atoms with van der Waals surface area (Å²) in [6, 6.07) is 1.19. The van der Waals surface area contributed by atoms with Crippen molar-refractivity contribution in [2.24, 2.45) is 10.8 Å². The van der Waals surface area contributed by atoms with Gasteiger partial charge in [-0.05, 0) is 164 Å². The maximum Gasteiger partial charge on any atom is 0.469 e. The first-order valence-corrected chi connectivity index (χ1v) is 43.6. The van der Waals surface area contributed by atoms with Crippen LogP contribution in [0.3, 0.4) is 0 Å². The molecule has 310 valence electrons. The lowest BCUT2D eigenvalue weighted by Crippen LogP contribution is -2.60. The Morgan fingerprint density at radius 2 is 0.692 bits per heavy atom. The van der Waals surface area contributed by atoms with Crippen LogP contribution in [0.25, 0.3) is 0 Å². The third-order valence-electron chi connectivity index (χ3n) is 7.15. The minimum atomic E-state index is -3.03. The van der Waals surface area contributed by atoms with Gasteiger partial charge in [-0.2, -0.15) is 0 Å². The maximum atomic E-state index is 13.7. The van der Waals surface area contributed by atoms with Crippen LogP contribution in [0.4, 0.5) is 0 Å². The molecule has 0 aromatic rings. The van der Waals surface area contributed by atoms with Gasteiger partial charge < -0.3 is 34.2 Å². The van der Waals surface area contributed by atoms with E-state index in [2.05, 4.69) is 118 Å². The molecule has 0 saturated carbocycles. The van der Waals surface area contributed by atoms with Gasteiger partial charge in [0.25, 0.3) is 0 Å². The average Bonchev–Trinajstić information content (AvgIpc) is 2.82. The molecule has 0 aliphatic heterocycles. The smallest absolute Gasteiger partial charge is 0.465 e. The van der Waals surface area contributed by atoms with Gasteiger partial charge in [0.05, 0.1) is 24.0 Å². The predicted octanol–water partition coefficient (Wildman–Crippen LogP) is 10.7. The molecular formula is C34H82O10Si8. The summed E-state index contributed by atoms with van der Waals surface area (Å²) < 4.78 is 52.5. The summed E-state index contributed by atoms with van der Waals surface area (Å²) in [5.41, 5.74) is -1.76. The second-order valence-electron chi connectivity index (χ2n) is 21.1. The third kappa shape index (κ3) is 22.9. The molecule has 0 aliphatic rings. The van der Waals surface area contributed by atoms with E-state index >= 15 is 0 Å². The zero-order valence-electron chi connectivity index (χ0n) is 37.7. The number of rotatable bonds is 25. The van der Waals surface area contributed by atoms with Crippen LogP contribution in [-0.4, -0.2) is 92.7 Å². The van der Waals surface area contributed by atoms with Crippen LogP contribution < -0.4 is 0 Å². The highest BCUT2D eigenvalue weighted by Gasteiger charge is 2.51. The van der Waals surface area contributed by atoms with Crippen LogP contribution in [0.5, 0.6) is 0 Å². The Bertz CT molecular complexity index is 1050. The van der Waals surface area contributed by atoms with Crippen LogP contribution >= 0.6 is 0 Å². The predicted molar refractivity (Wildman–Crippen MR) is 236 cm³/mol. The zero-order valence-corrected chi connectivity index (χ0v) is 45.7. The molecule has 0 amide bonds. The van der Waals surface area contributed by atoms with Crippen LogP contribution in [0.1, 0.15) is 53.4 Å². The molecule has 0 bridgehead atoms. The van der Waals surface area contributed by atoms with E-state index in [9.17, 15) is 9.59 Å². The zero-order chi connectivity index (χ0) is 41.5. The van der Waals surface area contributed by atoms with E-state index in [0.717, 1.165) is 0 Å². The van der Waals surface area contributed by atoms with Crippen molar-refractivity contribution >= 4 is 79.5 Å². The highest BCUT2D eigenvalue weighted by molar-refractivity contribution is 6.91. The van der Waals surface area contributed by atoms with Crippen LogP contribution in [0.15, 0.2) is 0 Å². The molecule has 0 radical (unpaired) electrons. The molecular weight excluding hydrogens is 793 g/mol. The molecule has 52 heavy (non-hydrogen) atoms. The van der Waals surface area contributed by atoms with E-state index in [1.807, 2.05) is 27.7 Å². The molecule has 0 saturated heterocycles. The fourth-order valence-electron chi connectivity index (χ4n) is 5.90. The number of carbonyl (C=O) groups is 2. The average molecular weight is 876 g/mol. The Hall–Kier alpha value is 0.435. The Kier molecular flexibility index (Phi) is 19.4. The normalized spacial score (nSPS) is 15.7. The summed E-state index contributed by atoms with van der Waals surface area (Å²) in [4.78, 5) is 27.2. The molecule has 0 N–H and O–H groups in total. The van der Waals surface area contributed by atoms with Crippen molar-refractivity contribution in [1.82, 2.24) is 0 Å². The van der Waals surface area contributed by atoms with E-state index in [1.165, 1.54) is 0 Å². The minimum Gasteiger partial charge on any atom is -0.465 e. The molecule has 10 nitrogen and oxygen atoms in total. The summed E-state index contributed by atoms with van der Waals surface area (Å²) in [5.74, 6) is -0.639. The lowest BCUT2D eigenvalue weighted by molar-refractivity contribution is -0.163. The fourth-order valence-corrected chi connectivity index (χ4v) is 35.1. The van der Waals surface area contributed by atoms with Crippen LogP contribution in [0.2, 0.25) is 130 Å². The van der Waals surface area contributed by atoms with Gasteiger partial charge in [-0.15, -0.1) is 0 Å². The van der Waals surface area contributed by atoms with Gasteiger partial charge in [0.15, 0.2) is 49.9 Å². The van der Waals surface area contributed by atoms with Gasteiger partial charge in [-0.25, -0.2) is 0 Å². The van der Waals surface area contributed by atoms with Gasteiger partial charge in [0.1, 0.15) is 0 Å². The first-order chi connectivity index (χ1) is 22.8. The number of hydrogen-bond acceptors (Lipinski definition) is 10. The lowest BCUT2D eigenvalue weighted by Gasteiger charge is -2.43. The fraction of sp³-hybridized carbons (Fsp3) is 0.941. The van der Waals surface area contributed by atoms with Crippen LogP contribution in [-0.2, 0) is 43.8 Å². The first-order valence-electron chi connectivity index (χ1n) is 19.3. The van der Waals surface area contributed by atoms with Crippen molar-refractivity contribution < 1.29 is 43.8 Å². The molecule has 18 heteroatoms. The molecule has 0 spiro atoms. The SMILES string of the molecule is CCC(C)(CC(C)(C)C(=O)OCCC[Si](O[Si](C)(C)C)(O[Si](C)(C)C)O[Si](C)(C)C)C(=O)OCCC[Si](O[Si](C)(C)C)(O[Si](C)(C)C)O[Si](C)(C)C. The molecule has 0 rings (SSSR count). The molecule has 1 unspecified atom stereocenters. The summed E-state index contributed by atoms with van der Waals surface area (Å²) in [6.45, 7) is 47.0. The monoisotopic (exact) mass is 874 g/mol. The maximum absolute atomic E-state index is 13.7. The van der Waals surface area contributed by atoms with E-state index in [1.54, 1.807) is 0 Å².